The minimum absolute atomic E-state index is 0.127. The van der Waals surface area contributed by atoms with Crippen LogP contribution in [0, 0.1) is 6.92 Å². The van der Waals surface area contributed by atoms with Gasteiger partial charge < -0.3 is 10.1 Å². The maximum atomic E-state index is 12.2. The van der Waals surface area contributed by atoms with Crippen LogP contribution in [0.3, 0.4) is 0 Å². The molecule has 25 heavy (non-hydrogen) atoms. The molecular weight excluding hydrogens is 332 g/mol. The molecule has 0 saturated carbocycles. The highest BCUT2D eigenvalue weighted by atomic mass is 32.2. The molecule has 2 N–H and O–H groups in total. The Morgan fingerprint density at radius 3 is 2.40 bits per heavy atom. The van der Waals surface area contributed by atoms with Crippen LogP contribution in [0.2, 0.25) is 0 Å². The number of benzene rings is 2. The Morgan fingerprint density at radius 2 is 1.72 bits per heavy atom. The monoisotopic (exact) mass is 352 g/mol. The van der Waals surface area contributed by atoms with Crippen molar-refractivity contribution in [3.63, 3.8) is 0 Å². The average molecular weight is 352 g/mol. The first-order valence-electron chi connectivity index (χ1n) is 8.13. The highest BCUT2D eigenvalue weighted by Gasteiger charge is 2.12. The average Bonchev–Trinajstić information content (AvgIpc) is 2.65. The van der Waals surface area contributed by atoms with Crippen LogP contribution in [-0.4, -0.2) is 20.8 Å². The molecule has 0 radical (unpaired) electrons. The van der Waals surface area contributed by atoms with E-state index in [0.717, 1.165) is 16.8 Å². The molecule has 2 aromatic carbocycles. The van der Waals surface area contributed by atoms with Crippen molar-refractivity contribution in [3.8, 4) is 0 Å². The van der Waals surface area contributed by atoms with Gasteiger partial charge in [0.25, 0.3) is 5.56 Å². The summed E-state index contributed by atoms with van der Waals surface area (Å²) in [4.78, 5) is 19.6. The van der Waals surface area contributed by atoms with Crippen LogP contribution < -0.4 is 5.56 Å². The number of aromatic amines is 1. The number of nitrogens with zero attached hydrogens (tertiary/aromatic N) is 1. The third-order valence-electron chi connectivity index (χ3n) is 4.01. The van der Waals surface area contributed by atoms with Crippen molar-refractivity contribution in [1.29, 1.82) is 0 Å². The minimum atomic E-state index is -0.602. The molecular formula is C20H20N2O2S. The topological polar surface area (TPSA) is 66.0 Å². The second-order valence-electron chi connectivity index (χ2n) is 5.84. The molecule has 3 rings (SSSR count). The van der Waals surface area contributed by atoms with Gasteiger partial charge in [-0.1, -0.05) is 72.4 Å². The summed E-state index contributed by atoms with van der Waals surface area (Å²) in [6, 6.07) is 19.4. The van der Waals surface area contributed by atoms with E-state index < -0.39 is 6.10 Å². The zero-order valence-electron chi connectivity index (χ0n) is 14.0. The van der Waals surface area contributed by atoms with Crippen LogP contribution in [0.15, 0.2) is 70.6 Å². The molecule has 0 aliphatic carbocycles. The molecule has 1 aromatic heterocycles. The molecule has 1 heterocycles. The summed E-state index contributed by atoms with van der Waals surface area (Å²) in [5.74, 6) is 0.431. The Labute approximate surface area is 151 Å². The van der Waals surface area contributed by atoms with Crippen LogP contribution in [0.1, 0.15) is 28.5 Å². The van der Waals surface area contributed by atoms with Crippen LogP contribution in [0.25, 0.3) is 0 Å². The molecule has 0 fully saturated rings. The number of hydrogen-bond acceptors (Lipinski definition) is 4. The molecule has 0 bridgehead atoms. The summed E-state index contributed by atoms with van der Waals surface area (Å²) < 4.78 is 0. The highest BCUT2D eigenvalue weighted by Crippen LogP contribution is 2.22. The number of thioether (sulfide) groups is 1. The SMILES string of the molecule is Cc1c(Cc2ccccc2)nc(SCC(O)c2ccccc2)[nH]c1=O. The van der Waals surface area contributed by atoms with E-state index >= 15 is 0 Å². The maximum absolute atomic E-state index is 12.2. The Morgan fingerprint density at radius 1 is 1.08 bits per heavy atom. The van der Waals surface area contributed by atoms with Crippen molar-refractivity contribution >= 4 is 11.8 Å². The van der Waals surface area contributed by atoms with E-state index in [2.05, 4.69) is 9.97 Å². The van der Waals surface area contributed by atoms with Crippen LogP contribution in [0.4, 0.5) is 0 Å². The quantitative estimate of drug-likeness (QED) is 0.526. The summed E-state index contributed by atoms with van der Waals surface area (Å²) in [6.07, 6.45) is 0.0150. The third-order valence-corrected chi connectivity index (χ3v) is 4.96. The van der Waals surface area contributed by atoms with Gasteiger partial charge in [-0.25, -0.2) is 4.98 Å². The molecule has 0 aliphatic heterocycles. The highest BCUT2D eigenvalue weighted by molar-refractivity contribution is 7.99. The van der Waals surface area contributed by atoms with Gasteiger partial charge in [0, 0.05) is 17.7 Å². The summed E-state index contributed by atoms with van der Waals surface area (Å²) in [5, 5.41) is 10.8. The van der Waals surface area contributed by atoms with Crippen molar-refractivity contribution in [2.75, 3.05) is 5.75 Å². The van der Waals surface area contributed by atoms with Gasteiger partial charge in [-0.05, 0) is 18.1 Å². The van der Waals surface area contributed by atoms with Crippen molar-refractivity contribution in [2.24, 2.45) is 0 Å². The molecule has 0 amide bonds. The van der Waals surface area contributed by atoms with Gasteiger partial charge in [0.15, 0.2) is 5.16 Å². The van der Waals surface area contributed by atoms with Gasteiger partial charge in [-0.15, -0.1) is 0 Å². The maximum Gasteiger partial charge on any atom is 0.254 e. The van der Waals surface area contributed by atoms with E-state index in [1.54, 1.807) is 6.92 Å². The van der Waals surface area contributed by atoms with E-state index in [-0.39, 0.29) is 5.56 Å². The number of nitrogens with one attached hydrogen (secondary N) is 1. The van der Waals surface area contributed by atoms with E-state index in [1.165, 1.54) is 11.8 Å². The van der Waals surface area contributed by atoms with Crippen molar-refractivity contribution in [2.45, 2.75) is 24.6 Å². The van der Waals surface area contributed by atoms with Crippen LogP contribution >= 0.6 is 11.8 Å². The fourth-order valence-electron chi connectivity index (χ4n) is 2.52. The van der Waals surface area contributed by atoms with E-state index in [4.69, 9.17) is 0 Å². The van der Waals surface area contributed by atoms with Gasteiger partial charge in [0.05, 0.1) is 11.8 Å². The van der Waals surface area contributed by atoms with Gasteiger partial charge in [0.2, 0.25) is 0 Å². The van der Waals surface area contributed by atoms with E-state index in [1.807, 2.05) is 60.7 Å². The first kappa shape index (κ1) is 17.5. The number of rotatable bonds is 6. The van der Waals surface area contributed by atoms with Gasteiger partial charge in [0.1, 0.15) is 0 Å². The summed E-state index contributed by atoms with van der Waals surface area (Å²) in [5.41, 5.74) is 3.25. The Bertz CT molecular complexity index is 879. The number of H-pyrrole nitrogens is 1. The first-order valence-corrected chi connectivity index (χ1v) is 9.11. The summed E-state index contributed by atoms with van der Waals surface area (Å²) in [6.45, 7) is 1.79. The molecule has 4 nitrogen and oxygen atoms in total. The molecule has 0 saturated heterocycles. The lowest BCUT2D eigenvalue weighted by molar-refractivity contribution is 0.204. The zero-order chi connectivity index (χ0) is 17.6. The normalized spacial score (nSPS) is 12.1. The van der Waals surface area contributed by atoms with Crippen molar-refractivity contribution < 1.29 is 5.11 Å². The third kappa shape index (κ3) is 4.59. The lowest BCUT2D eigenvalue weighted by Crippen LogP contribution is -2.16. The largest absolute Gasteiger partial charge is 0.388 e. The van der Waals surface area contributed by atoms with Crippen LogP contribution in [-0.2, 0) is 6.42 Å². The van der Waals surface area contributed by atoms with E-state index in [9.17, 15) is 9.90 Å². The zero-order valence-corrected chi connectivity index (χ0v) is 14.8. The smallest absolute Gasteiger partial charge is 0.254 e. The molecule has 0 spiro atoms. The number of aromatic nitrogens is 2. The fraction of sp³-hybridized carbons (Fsp3) is 0.200. The lowest BCUT2D eigenvalue weighted by Gasteiger charge is -2.11. The first-order chi connectivity index (χ1) is 12.1. The minimum Gasteiger partial charge on any atom is -0.388 e. The lowest BCUT2D eigenvalue weighted by atomic mass is 10.1. The predicted molar refractivity (Wildman–Crippen MR) is 101 cm³/mol. The molecule has 128 valence electrons. The second kappa shape index (κ2) is 8.14. The molecule has 5 heteroatoms. The summed E-state index contributed by atoms with van der Waals surface area (Å²) >= 11 is 1.35. The van der Waals surface area contributed by atoms with E-state index in [0.29, 0.717) is 22.9 Å². The Hall–Kier alpha value is -2.37. The molecule has 1 atom stereocenters. The second-order valence-corrected chi connectivity index (χ2v) is 6.85. The Balaban J connectivity index is 1.75. The van der Waals surface area contributed by atoms with Crippen molar-refractivity contribution in [3.05, 3.63) is 93.4 Å². The predicted octanol–water partition coefficient (Wildman–Crippen LogP) is 3.49. The fourth-order valence-corrected chi connectivity index (χ4v) is 3.36. The van der Waals surface area contributed by atoms with Gasteiger partial charge in [-0.2, -0.15) is 0 Å². The molecule has 3 aromatic rings. The standard InChI is InChI=1S/C20H20N2O2S/c1-14-17(12-15-8-4-2-5-9-15)21-20(22-19(14)24)25-13-18(23)16-10-6-3-7-11-16/h2-11,18,23H,12-13H2,1H3,(H,21,22,24). The molecule has 1 unspecified atom stereocenters. The van der Waals surface area contributed by atoms with Crippen molar-refractivity contribution in [1.82, 2.24) is 9.97 Å². The molecule has 0 aliphatic rings. The Kier molecular flexibility index (Phi) is 5.68. The van der Waals surface area contributed by atoms with Gasteiger partial charge in [-0.3, -0.25) is 4.79 Å². The van der Waals surface area contributed by atoms with Gasteiger partial charge >= 0.3 is 0 Å². The number of aliphatic hydroxyl groups is 1. The number of aliphatic hydroxyl groups excluding tert-OH is 1. The summed E-state index contributed by atoms with van der Waals surface area (Å²) in [7, 11) is 0. The van der Waals surface area contributed by atoms with Crippen LogP contribution in [0.5, 0.6) is 0 Å². The number of hydrogen-bond donors (Lipinski definition) is 2.